The van der Waals surface area contributed by atoms with Crippen LogP contribution < -0.4 is 21.3 Å². The van der Waals surface area contributed by atoms with Crippen LogP contribution in [0.3, 0.4) is 0 Å². The van der Waals surface area contributed by atoms with Gasteiger partial charge in [-0.1, -0.05) is 0 Å². The summed E-state index contributed by atoms with van der Waals surface area (Å²) < 4.78 is 14.9. The van der Waals surface area contributed by atoms with Crippen LogP contribution in [0.4, 0.5) is 4.79 Å². The van der Waals surface area contributed by atoms with Crippen LogP contribution in [-0.4, -0.2) is 78.2 Å². The van der Waals surface area contributed by atoms with Crippen LogP contribution in [0.25, 0.3) is 0 Å². The molecule has 0 aliphatic heterocycles. The molecule has 4 amide bonds. The summed E-state index contributed by atoms with van der Waals surface area (Å²) in [7, 11) is 1.19. The van der Waals surface area contributed by atoms with Crippen LogP contribution in [-0.2, 0) is 38.2 Å². The number of alkyl carbamates (subject to hydrolysis) is 1. The van der Waals surface area contributed by atoms with Crippen LogP contribution in [0.15, 0.2) is 0 Å². The lowest BCUT2D eigenvalue weighted by atomic mass is 10.1. The molecule has 0 aromatic rings. The van der Waals surface area contributed by atoms with Crippen LogP contribution in [0.5, 0.6) is 0 Å². The van der Waals surface area contributed by atoms with Crippen molar-refractivity contribution in [2.24, 2.45) is 0 Å². The molecule has 13 heteroatoms. The lowest BCUT2D eigenvalue weighted by molar-refractivity contribution is -0.158. The molecule has 0 aromatic carbocycles. The second-order valence-corrected chi connectivity index (χ2v) is 10.5. The summed E-state index contributed by atoms with van der Waals surface area (Å²) >= 11 is 0. The van der Waals surface area contributed by atoms with Gasteiger partial charge in [-0.3, -0.25) is 19.2 Å². The summed E-state index contributed by atoms with van der Waals surface area (Å²) in [5.41, 5.74) is -1.55. The highest BCUT2D eigenvalue weighted by Gasteiger charge is 2.29. The molecular formula is C24H42N4O9. The SMILES string of the molecule is COC(=O)CC[C@H](NC(=O)OC(C)(C)C)C(=O)N[C@@H](C)C(=O)N[C@@H](C)C(=O)N[C@@H](C)C(=O)OC(C)(C)C. The normalized spacial score (nSPS) is 14.6. The number of ether oxygens (including phenoxy) is 3. The number of carbonyl (C=O) groups is 6. The van der Waals surface area contributed by atoms with Gasteiger partial charge in [-0.25, -0.2) is 9.59 Å². The highest BCUT2D eigenvalue weighted by atomic mass is 16.6. The average molecular weight is 531 g/mol. The van der Waals surface area contributed by atoms with Crippen molar-refractivity contribution in [3.63, 3.8) is 0 Å². The number of esters is 2. The van der Waals surface area contributed by atoms with E-state index in [1.165, 1.54) is 27.9 Å². The summed E-state index contributed by atoms with van der Waals surface area (Å²) in [6, 6.07) is -4.28. The summed E-state index contributed by atoms with van der Waals surface area (Å²) in [5, 5.41) is 9.72. The van der Waals surface area contributed by atoms with E-state index >= 15 is 0 Å². The largest absolute Gasteiger partial charge is 0.469 e. The van der Waals surface area contributed by atoms with Gasteiger partial charge in [0.05, 0.1) is 7.11 Å². The second kappa shape index (κ2) is 14.4. The Morgan fingerprint density at radius 1 is 0.649 bits per heavy atom. The predicted molar refractivity (Wildman–Crippen MR) is 133 cm³/mol. The van der Waals surface area contributed by atoms with E-state index < -0.39 is 71.1 Å². The van der Waals surface area contributed by atoms with Crippen molar-refractivity contribution >= 4 is 35.8 Å². The molecule has 212 valence electrons. The molecule has 0 heterocycles. The number of methoxy groups -OCH3 is 1. The number of hydrogen-bond acceptors (Lipinski definition) is 9. The zero-order valence-electron chi connectivity index (χ0n) is 23.4. The molecule has 0 radical (unpaired) electrons. The third-order valence-corrected chi connectivity index (χ3v) is 4.50. The van der Waals surface area contributed by atoms with Gasteiger partial charge in [0.25, 0.3) is 0 Å². The molecule has 0 rings (SSSR count). The summed E-state index contributed by atoms with van der Waals surface area (Å²) in [5.74, 6) is -3.28. The topological polar surface area (TPSA) is 178 Å². The van der Waals surface area contributed by atoms with Gasteiger partial charge in [-0.2, -0.15) is 0 Å². The van der Waals surface area contributed by atoms with Crippen LogP contribution in [0, 0.1) is 0 Å². The fraction of sp³-hybridized carbons (Fsp3) is 0.750. The monoisotopic (exact) mass is 530 g/mol. The van der Waals surface area contributed by atoms with E-state index in [2.05, 4.69) is 26.0 Å². The van der Waals surface area contributed by atoms with E-state index in [1.807, 2.05) is 0 Å². The number of rotatable bonds is 11. The molecule has 0 bridgehead atoms. The summed E-state index contributed by atoms with van der Waals surface area (Å²) in [4.78, 5) is 73.5. The second-order valence-electron chi connectivity index (χ2n) is 10.5. The zero-order chi connectivity index (χ0) is 29.1. The van der Waals surface area contributed by atoms with E-state index in [-0.39, 0.29) is 12.8 Å². The van der Waals surface area contributed by atoms with Gasteiger partial charge in [-0.15, -0.1) is 0 Å². The maximum absolute atomic E-state index is 12.8. The van der Waals surface area contributed by atoms with Gasteiger partial charge < -0.3 is 35.5 Å². The smallest absolute Gasteiger partial charge is 0.408 e. The van der Waals surface area contributed by atoms with Crippen molar-refractivity contribution in [2.45, 2.75) is 111 Å². The zero-order valence-corrected chi connectivity index (χ0v) is 23.4. The lowest BCUT2D eigenvalue weighted by Crippen LogP contribution is -2.56. The van der Waals surface area contributed by atoms with Crippen molar-refractivity contribution in [2.75, 3.05) is 7.11 Å². The Morgan fingerprint density at radius 3 is 1.51 bits per heavy atom. The Morgan fingerprint density at radius 2 is 1.08 bits per heavy atom. The minimum atomic E-state index is -1.19. The van der Waals surface area contributed by atoms with Gasteiger partial charge in [0.2, 0.25) is 17.7 Å². The van der Waals surface area contributed by atoms with Gasteiger partial charge in [0.15, 0.2) is 0 Å². The molecule has 13 nitrogen and oxygen atoms in total. The Labute approximate surface area is 218 Å². The molecule has 0 saturated carbocycles. The Kier molecular flexibility index (Phi) is 13.1. The first kappa shape index (κ1) is 33.6. The standard InChI is InChI=1S/C24H42N4O9/c1-13(19(31)27-15(3)21(33)36-23(4,5)6)25-18(30)14(2)26-20(32)16(11-12-17(29)35-10)28-22(34)37-24(7,8)9/h13-16H,11-12H2,1-10H3,(H,25,30)(H,26,32)(H,27,31)(H,28,34)/t13-,14-,15-,16-/m0/s1. The Bertz CT molecular complexity index is 846. The maximum atomic E-state index is 12.8. The number of carbonyl (C=O) groups excluding carboxylic acids is 6. The molecular weight excluding hydrogens is 488 g/mol. The van der Waals surface area contributed by atoms with E-state index in [1.54, 1.807) is 41.5 Å². The third-order valence-electron chi connectivity index (χ3n) is 4.50. The van der Waals surface area contributed by atoms with E-state index in [0.29, 0.717) is 0 Å². The lowest BCUT2D eigenvalue weighted by Gasteiger charge is -2.25. The van der Waals surface area contributed by atoms with Crippen LogP contribution in [0.1, 0.15) is 75.2 Å². The molecule has 0 aromatic heterocycles. The van der Waals surface area contributed by atoms with Gasteiger partial charge >= 0.3 is 18.0 Å². The molecule has 0 fully saturated rings. The first-order valence-electron chi connectivity index (χ1n) is 12.0. The molecule has 0 saturated heterocycles. The van der Waals surface area contributed by atoms with Crippen molar-refractivity contribution in [3.8, 4) is 0 Å². The Hall–Kier alpha value is -3.38. The fourth-order valence-corrected chi connectivity index (χ4v) is 2.65. The third kappa shape index (κ3) is 14.7. The van der Waals surface area contributed by atoms with E-state index in [0.717, 1.165) is 0 Å². The maximum Gasteiger partial charge on any atom is 0.408 e. The fourth-order valence-electron chi connectivity index (χ4n) is 2.65. The minimum Gasteiger partial charge on any atom is -0.469 e. The molecule has 4 atom stereocenters. The first-order valence-corrected chi connectivity index (χ1v) is 12.0. The molecule has 0 unspecified atom stereocenters. The van der Waals surface area contributed by atoms with Crippen LogP contribution in [0.2, 0.25) is 0 Å². The molecule has 4 N–H and O–H groups in total. The average Bonchev–Trinajstić information content (AvgIpc) is 2.73. The quantitative estimate of drug-likeness (QED) is 0.221. The van der Waals surface area contributed by atoms with Crippen molar-refractivity contribution in [1.29, 1.82) is 0 Å². The van der Waals surface area contributed by atoms with Gasteiger partial charge in [0, 0.05) is 6.42 Å². The molecule has 0 aliphatic carbocycles. The number of hydrogen-bond donors (Lipinski definition) is 4. The van der Waals surface area contributed by atoms with E-state index in [4.69, 9.17) is 9.47 Å². The number of nitrogens with one attached hydrogen (secondary N) is 4. The molecule has 0 aliphatic rings. The Balaban J connectivity index is 5.08. The minimum absolute atomic E-state index is 0.104. The molecule has 0 spiro atoms. The molecule has 37 heavy (non-hydrogen) atoms. The van der Waals surface area contributed by atoms with Crippen molar-refractivity contribution in [1.82, 2.24) is 21.3 Å². The predicted octanol–water partition coefficient (Wildman–Crippen LogP) is 0.689. The van der Waals surface area contributed by atoms with Gasteiger partial charge in [-0.05, 0) is 68.7 Å². The highest BCUT2D eigenvalue weighted by Crippen LogP contribution is 2.09. The van der Waals surface area contributed by atoms with Crippen LogP contribution >= 0.6 is 0 Å². The number of amides is 4. The van der Waals surface area contributed by atoms with Gasteiger partial charge in [0.1, 0.15) is 35.4 Å². The highest BCUT2D eigenvalue weighted by molar-refractivity contribution is 5.94. The van der Waals surface area contributed by atoms with E-state index in [9.17, 15) is 28.8 Å². The van der Waals surface area contributed by atoms with Crippen molar-refractivity contribution < 1.29 is 43.0 Å². The summed E-state index contributed by atoms with van der Waals surface area (Å²) in [6.45, 7) is 14.3. The first-order chi connectivity index (χ1) is 16.8. The van der Waals surface area contributed by atoms with Crippen molar-refractivity contribution in [3.05, 3.63) is 0 Å². The summed E-state index contributed by atoms with van der Waals surface area (Å²) in [6.07, 6.45) is -1.15.